The van der Waals surface area contributed by atoms with Crippen molar-refractivity contribution in [3.05, 3.63) is 47.6 Å². The van der Waals surface area contributed by atoms with Gasteiger partial charge in [0.25, 0.3) is 0 Å². The highest BCUT2D eigenvalue weighted by molar-refractivity contribution is 6.83. The van der Waals surface area contributed by atoms with E-state index in [1.807, 2.05) is 0 Å². The summed E-state index contributed by atoms with van der Waals surface area (Å²) in [6.07, 6.45) is 24.0. The highest BCUT2D eigenvalue weighted by Crippen LogP contribution is 2.68. The van der Waals surface area contributed by atoms with Gasteiger partial charge < -0.3 is 0 Å². The van der Waals surface area contributed by atoms with E-state index >= 15 is 0 Å². The van der Waals surface area contributed by atoms with E-state index in [-0.39, 0.29) is 0 Å². The predicted octanol–water partition coefficient (Wildman–Crippen LogP) is 8.33. The maximum Gasteiger partial charge on any atom is 0.0615 e. The Morgan fingerprint density at radius 1 is 0.759 bits per heavy atom. The molecule has 0 N–H and O–H groups in total. The third-order valence-corrected chi connectivity index (χ3v) is 17.3. The van der Waals surface area contributed by atoms with Gasteiger partial charge in [-0.25, -0.2) is 0 Å². The Kier molecular flexibility index (Phi) is 5.34. The van der Waals surface area contributed by atoms with E-state index in [1.54, 1.807) is 23.2 Å². The standard InChI is InChI=1S/C28H42Si/c1-5-21-17-25-19(3)11-9-13-23(25)27(21)29(15-7-8-16-29)28-22(6-2)18-26-20(4)12-10-14-24(26)28/h9-14,21-28H,5-8,15-18H2,1-4H3. The van der Waals surface area contributed by atoms with Gasteiger partial charge in [0.2, 0.25) is 0 Å². The SMILES string of the molecule is CCC1CC2C(C)=CC=CC2C1[Si]1(C2C(CC)CC3C(C)=CC=CC32)CCCC1. The van der Waals surface area contributed by atoms with Crippen LogP contribution in [0.25, 0.3) is 0 Å². The monoisotopic (exact) mass is 406 g/mol. The lowest BCUT2D eigenvalue weighted by molar-refractivity contribution is 0.446. The van der Waals surface area contributed by atoms with Crippen LogP contribution in [0, 0.1) is 35.5 Å². The Morgan fingerprint density at radius 3 is 1.62 bits per heavy atom. The van der Waals surface area contributed by atoms with Crippen molar-refractivity contribution >= 4 is 8.07 Å². The van der Waals surface area contributed by atoms with Crippen LogP contribution in [-0.2, 0) is 0 Å². The van der Waals surface area contributed by atoms with E-state index in [0.29, 0.717) is 0 Å². The molecule has 5 rings (SSSR count). The molecule has 5 aliphatic rings. The molecule has 0 aromatic rings. The molecule has 2 saturated carbocycles. The van der Waals surface area contributed by atoms with Gasteiger partial charge in [-0.1, -0.05) is 99.2 Å². The molecule has 4 aliphatic carbocycles. The van der Waals surface area contributed by atoms with Crippen LogP contribution in [0.2, 0.25) is 23.2 Å². The van der Waals surface area contributed by atoms with E-state index in [0.717, 1.165) is 46.6 Å². The van der Waals surface area contributed by atoms with Crippen molar-refractivity contribution in [3.63, 3.8) is 0 Å². The molecular weight excluding hydrogens is 364 g/mol. The molecule has 0 spiro atoms. The van der Waals surface area contributed by atoms with E-state index in [4.69, 9.17) is 0 Å². The Balaban J connectivity index is 1.58. The van der Waals surface area contributed by atoms with Crippen molar-refractivity contribution < 1.29 is 0 Å². The molecule has 1 saturated heterocycles. The lowest BCUT2D eigenvalue weighted by Crippen LogP contribution is -2.49. The fourth-order valence-corrected chi connectivity index (χ4v) is 17.9. The van der Waals surface area contributed by atoms with Gasteiger partial charge in [-0.15, -0.1) is 0 Å². The second-order valence-electron chi connectivity index (χ2n) is 11.3. The van der Waals surface area contributed by atoms with Crippen LogP contribution in [0.15, 0.2) is 47.6 Å². The van der Waals surface area contributed by atoms with Gasteiger partial charge in [0.1, 0.15) is 0 Å². The third kappa shape index (κ3) is 2.97. The molecule has 1 heterocycles. The first-order valence-corrected chi connectivity index (χ1v) is 15.4. The Morgan fingerprint density at radius 2 is 1.21 bits per heavy atom. The summed E-state index contributed by atoms with van der Waals surface area (Å²) in [5.41, 5.74) is 5.48. The van der Waals surface area contributed by atoms with Crippen molar-refractivity contribution in [1.29, 1.82) is 0 Å². The van der Waals surface area contributed by atoms with Gasteiger partial charge in [-0.05, 0) is 73.3 Å². The fourth-order valence-electron chi connectivity index (χ4n) is 9.26. The van der Waals surface area contributed by atoms with Crippen molar-refractivity contribution in [3.8, 4) is 0 Å². The van der Waals surface area contributed by atoms with E-state index < -0.39 is 8.07 Å². The van der Waals surface area contributed by atoms with Gasteiger partial charge in [0.15, 0.2) is 0 Å². The summed E-state index contributed by atoms with van der Waals surface area (Å²) in [6.45, 7) is 9.88. The molecule has 8 atom stereocenters. The van der Waals surface area contributed by atoms with Gasteiger partial charge in [-0.2, -0.15) is 0 Å². The maximum absolute atomic E-state index is 2.68. The molecule has 29 heavy (non-hydrogen) atoms. The van der Waals surface area contributed by atoms with Crippen LogP contribution in [0.4, 0.5) is 0 Å². The van der Waals surface area contributed by atoms with Crippen LogP contribution in [0.3, 0.4) is 0 Å². The summed E-state index contributed by atoms with van der Waals surface area (Å²) in [5.74, 6) is 5.44. The number of fused-ring (bicyclic) bond motifs is 2. The summed E-state index contributed by atoms with van der Waals surface area (Å²) >= 11 is 0. The fraction of sp³-hybridized carbons (Fsp3) is 0.714. The lowest BCUT2D eigenvalue weighted by atomic mass is 9.85. The first-order valence-electron chi connectivity index (χ1n) is 12.8. The molecule has 8 unspecified atom stereocenters. The zero-order valence-corrected chi connectivity index (χ0v) is 20.2. The molecule has 0 aromatic carbocycles. The first-order chi connectivity index (χ1) is 14.1. The molecule has 0 aromatic heterocycles. The van der Waals surface area contributed by atoms with Crippen LogP contribution in [-0.4, -0.2) is 8.07 Å². The van der Waals surface area contributed by atoms with Crippen molar-refractivity contribution in [2.45, 2.75) is 89.4 Å². The summed E-state index contributed by atoms with van der Waals surface area (Å²) in [7, 11) is -1.37. The number of rotatable bonds is 4. The molecule has 0 bridgehead atoms. The van der Waals surface area contributed by atoms with Crippen molar-refractivity contribution in [1.82, 2.24) is 0 Å². The molecule has 0 nitrogen and oxygen atoms in total. The van der Waals surface area contributed by atoms with Gasteiger partial charge in [0, 0.05) is 0 Å². The Labute approximate surface area is 180 Å². The summed E-state index contributed by atoms with van der Waals surface area (Å²) in [6, 6.07) is 3.30. The number of hydrogen-bond acceptors (Lipinski definition) is 0. The molecule has 0 radical (unpaired) electrons. The minimum atomic E-state index is -1.37. The lowest BCUT2D eigenvalue weighted by Gasteiger charge is -2.49. The second-order valence-corrected chi connectivity index (χ2v) is 16.1. The topological polar surface area (TPSA) is 0 Å². The first kappa shape index (κ1) is 20.1. The van der Waals surface area contributed by atoms with Gasteiger partial charge in [0.05, 0.1) is 8.07 Å². The van der Waals surface area contributed by atoms with E-state index in [2.05, 4.69) is 64.2 Å². The molecule has 1 heteroatoms. The summed E-state index contributed by atoms with van der Waals surface area (Å²) < 4.78 is 0. The predicted molar refractivity (Wildman–Crippen MR) is 129 cm³/mol. The van der Waals surface area contributed by atoms with Crippen LogP contribution in [0.1, 0.15) is 66.2 Å². The molecule has 3 fully saturated rings. The number of hydrogen-bond donors (Lipinski definition) is 0. The minimum absolute atomic E-state index is 0.862. The molecular formula is C28H42Si. The Hall–Kier alpha value is -0.823. The van der Waals surface area contributed by atoms with Crippen molar-refractivity contribution in [2.24, 2.45) is 35.5 Å². The highest BCUT2D eigenvalue weighted by atomic mass is 28.3. The molecule has 1 aliphatic heterocycles. The maximum atomic E-state index is 2.68. The number of allylic oxidation sites excluding steroid dienone is 8. The largest absolute Gasteiger partial charge is 0.0808 e. The van der Waals surface area contributed by atoms with Crippen LogP contribution >= 0.6 is 0 Å². The smallest absolute Gasteiger partial charge is 0.0615 e. The van der Waals surface area contributed by atoms with E-state index in [9.17, 15) is 0 Å². The summed E-state index contributed by atoms with van der Waals surface area (Å²) in [5, 5.41) is 0. The minimum Gasteiger partial charge on any atom is -0.0808 e. The third-order valence-electron chi connectivity index (χ3n) is 10.4. The normalized spacial score (nSPS) is 45.1. The average Bonchev–Trinajstić information content (AvgIpc) is 3.43. The van der Waals surface area contributed by atoms with Crippen molar-refractivity contribution in [2.75, 3.05) is 0 Å². The zero-order valence-electron chi connectivity index (χ0n) is 19.2. The van der Waals surface area contributed by atoms with Crippen LogP contribution < -0.4 is 0 Å². The molecule has 0 amide bonds. The average molecular weight is 407 g/mol. The zero-order chi connectivity index (χ0) is 20.2. The van der Waals surface area contributed by atoms with E-state index in [1.165, 1.54) is 38.5 Å². The van der Waals surface area contributed by atoms with Crippen LogP contribution in [0.5, 0.6) is 0 Å². The Bertz CT molecular complexity index is 688. The van der Waals surface area contributed by atoms with Gasteiger partial charge in [-0.3, -0.25) is 0 Å². The summed E-state index contributed by atoms with van der Waals surface area (Å²) in [4.78, 5) is 0. The quantitative estimate of drug-likeness (QED) is 0.412. The molecule has 158 valence electrons. The highest BCUT2D eigenvalue weighted by Gasteiger charge is 2.62. The van der Waals surface area contributed by atoms with Gasteiger partial charge >= 0.3 is 0 Å². The second kappa shape index (κ2) is 7.70.